The Hall–Kier alpha value is -0.540. The molecule has 1 saturated heterocycles. The van der Waals surface area contributed by atoms with Crippen molar-refractivity contribution < 1.29 is 4.39 Å². The summed E-state index contributed by atoms with van der Waals surface area (Å²) in [6, 6.07) is 5.42. The second kappa shape index (κ2) is 4.32. The standard InChI is InChI=1S/C11H14FNS/c1-14-11-5-4-8(12)7-9(11)10-3-2-6-13-10/h4-5,7,10,13H,2-3,6H2,1H3/t10-/m0/s1. The Bertz CT molecular complexity index is 321. The predicted octanol–water partition coefficient (Wildman–Crippen LogP) is 2.97. The van der Waals surface area contributed by atoms with Crippen LogP contribution in [0.1, 0.15) is 24.4 Å². The first-order chi connectivity index (χ1) is 6.81. The van der Waals surface area contributed by atoms with E-state index >= 15 is 0 Å². The van der Waals surface area contributed by atoms with Crippen LogP contribution in [0.2, 0.25) is 0 Å². The lowest BCUT2D eigenvalue weighted by molar-refractivity contribution is 0.599. The molecule has 2 rings (SSSR count). The topological polar surface area (TPSA) is 12.0 Å². The van der Waals surface area contributed by atoms with E-state index in [-0.39, 0.29) is 5.82 Å². The van der Waals surface area contributed by atoms with Crippen molar-refractivity contribution in [2.24, 2.45) is 0 Å². The van der Waals surface area contributed by atoms with Crippen molar-refractivity contribution in [3.05, 3.63) is 29.6 Å². The van der Waals surface area contributed by atoms with Gasteiger partial charge in [-0.05, 0) is 49.4 Å². The molecule has 0 aromatic heterocycles. The van der Waals surface area contributed by atoms with E-state index in [0.717, 1.165) is 18.5 Å². The molecule has 1 aromatic carbocycles. The number of rotatable bonds is 2. The third-order valence-corrected chi connectivity index (χ3v) is 3.44. The highest BCUT2D eigenvalue weighted by Gasteiger charge is 2.19. The molecule has 1 aromatic rings. The van der Waals surface area contributed by atoms with Crippen molar-refractivity contribution in [3.63, 3.8) is 0 Å². The summed E-state index contributed by atoms with van der Waals surface area (Å²) in [4.78, 5) is 1.19. The highest BCUT2D eigenvalue weighted by Crippen LogP contribution is 2.31. The van der Waals surface area contributed by atoms with Gasteiger partial charge >= 0.3 is 0 Å². The van der Waals surface area contributed by atoms with Crippen molar-refractivity contribution in [2.75, 3.05) is 12.8 Å². The Kier molecular flexibility index (Phi) is 3.08. The molecule has 1 fully saturated rings. The van der Waals surface area contributed by atoms with Gasteiger partial charge in [-0.15, -0.1) is 11.8 Å². The summed E-state index contributed by atoms with van der Waals surface area (Å²) in [5.74, 6) is -0.133. The fourth-order valence-electron chi connectivity index (χ4n) is 1.93. The lowest BCUT2D eigenvalue weighted by Gasteiger charge is -2.14. The quantitative estimate of drug-likeness (QED) is 0.755. The van der Waals surface area contributed by atoms with Gasteiger partial charge in [-0.3, -0.25) is 0 Å². The largest absolute Gasteiger partial charge is 0.310 e. The van der Waals surface area contributed by atoms with Crippen LogP contribution in [0, 0.1) is 5.82 Å². The summed E-state index contributed by atoms with van der Waals surface area (Å²) < 4.78 is 13.1. The number of benzene rings is 1. The molecule has 3 heteroatoms. The fourth-order valence-corrected chi connectivity index (χ4v) is 2.57. The minimum atomic E-state index is -0.133. The summed E-state index contributed by atoms with van der Waals surface area (Å²) in [6.07, 6.45) is 4.34. The molecule has 76 valence electrons. The first-order valence-corrected chi connectivity index (χ1v) is 6.10. The molecule has 14 heavy (non-hydrogen) atoms. The van der Waals surface area contributed by atoms with Gasteiger partial charge in [0, 0.05) is 10.9 Å². The van der Waals surface area contributed by atoms with Gasteiger partial charge in [0.25, 0.3) is 0 Å². The zero-order chi connectivity index (χ0) is 9.97. The third-order valence-electron chi connectivity index (χ3n) is 2.63. The monoisotopic (exact) mass is 211 g/mol. The zero-order valence-corrected chi connectivity index (χ0v) is 9.03. The second-order valence-corrected chi connectivity index (χ2v) is 4.38. The van der Waals surface area contributed by atoms with Crippen LogP contribution in [0.3, 0.4) is 0 Å². The Morgan fingerprint density at radius 2 is 2.36 bits per heavy atom. The van der Waals surface area contributed by atoms with Crippen LogP contribution in [0.15, 0.2) is 23.1 Å². The molecule has 1 N–H and O–H groups in total. The molecule has 1 nitrogen and oxygen atoms in total. The van der Waals surface area contributed by atoms with Crippen LogP contribution in [0.5, 0.6) is 0 Å². The van der Waals surface area contributed by atoms with Crippen LogP contribution in [-0.2, 0) is 0 Å². The first kappa shape index (κ1) is 9.99. The minimum absolute atomic E-state index is 0.133. The van der Waals surface area contributed by atoms with Gasteiger partial charge in [0.15, 0.2) is 0 Å². The van der Waals surface area contributed by atoms with Gasteiger partial charge in [0.2, 0.25) is 0 Å². The summed E-state index contributed by atoms with van der Waals surface area (Å²) in [6.45, 7) is 1.05. The zero-order valence-electron chi connectivity index (χ0n) is 8.22. The predicted molar refractivity (Wildman–Crippen MR) is 58.2 cm³/mol. The summed E-state index contributed by atoms with van der Waals surface area (Å²) in [7, 11) is 0. The van der Waals surface area contributed by atoms with Crippen LogP contribution >= 0.6 is 11.8 Å². The van der Waals surface area contributed by atoms with Crippen molar-refractivity contribution in [1.82, 2.24) is 5.32 Å². The number of thioether (sulfide) groups is 1. The Morgan fingerprint density at radius 3 is 3.00 bits per heavy atom. The number of halogens is 1. The summed E-state index contributed by atoms with van der Waals surface area (Å²) in [5.41, 5.74) is 1.12. The van der Waals surface area contributed by atoms with Gasteiger partial charge in [0.1, 0.15) is 5.82 Å². The number of hydrogen-bond acceptors (Lipinski definition) is 2. The third kappa shape index (κ3) is 1.93. The summed E-state index contributed by atoms with van der Waals surface area (Å²) in [5, 5.41) is 3.39. The molecule has 0 unspecified atom stereocenters. The molecule has 1 atom stereocenters. The van der Waals surface area contributed by atoms with E-state index in [2.05, 4.69) is 5.32 Å². The molecule has 0 saturated carbocycles. The molecule has 0 radical (unpaired) electrons. The van der Waals surface area contributed by atoms with Crippen molar-refractivity contribution >= 4 is 11.8 Å². The van der Waals surface area contributed by atoms with E-state index in [1.807, 2.05) is 12.3 Å². The molecule has 0 spiro atoms. The molecule has 0 aliphatic carbocycles. The van der Waals surface area contributed by atoms with Gasteiger partial charge in [-0.1, -0.05) is 0 Å². The first-order valence-electron chi connectivity index (χ1n) is 4.88. The molecular formula is C11H14FNS. The smallest absolute Gasteiger partial charge is 0.123 e. The van der Waals surface area contributed by atoms with Crippen molar-refractivity contribution in [2.45, 2.75) is 23.8 Å². The van der Waals surface area contributed by atoms with E-state index in [1.165, 1.54) is 17.4 Å². The average molecular weight is 211 g/mol. The van der Waals surface area contributed by atoms with E-state index in [0.29, 0.717) is 6.04 Å². The second-order valence-electron chi connectivity index (χ2n) is 3.54. The van der Waals surface area contributed by atoms with Gasteiger partial charge in [-0.2, -0.15) is 0 Å². The van der Waals surface area contributed by atoms with Gasteiger partial charge in [-0.25, -0.2) is 4.39 Å². The van der Waals surface area contributed by atoms with Crippen LogP contribution in [0.25, 0.3) is 0 Å². The number of hydrogen-bond donors (Lipinski definition) is 1. The van der Waals surface area contributed by atoms with Crippen molar-refractivity contribution in [1.29, 1.82) is 0 Å². The number of nitrogens with one attached hydrogen (secondary N) is 1. The van der Waals surface area contributed by atoms with Crippen LogP contribution < -0.4 is 5.32 Å². The summed E-state index contributed by atoms with van der Waals surface area (Å²) >= 11 is 1.68. The minimum Gasteiger partial charge on any atom is -0.310 e. The molecule has 1 aliphatic heterocycles. The maximum absolute atomic E-state index is 13.1. The van der Waals surface area contributed by atoms with E-state index < -0.39 is 0 Å². The van der Waals surface area contributed by atoms with Crippen LogP contribution in [-0.4, -0.2) is 12.8 Å². The molecule has 1 aliphatic rings. The molecular weight excluding hydrogens is 197 g/mol. The Labute approximate surface area is 88.1 Å². The van der Waals surface area contributed by atoms with E-state index in [4.69, 9.17) is 0 Å². The Balaban J connectivity index is 2.33. The molecule has 1 heterocycles. The maximum atomic E-state index is 13.1. The lowest BCUT2D eigenvalue weighted by atomic mass is 10.1. The van der Waals surface area contributed by atoms with Crippen LogP contribution in [0.4, 0.5) is 4.39 Å². The van der Waals surface area contributed by atoms with E-state index in [9.17, 15) is 4.39 Å². The van der Waals surface area contributed by atoms with Gasteiger partial charge in [0.05, 0.1) is 0 Å². The van der Waals surface area contributed by atoms with E-state index in [1.54, 1.807) is 17.8 Å². The lowest BCUT2D eigenvalue weighted by Crippen LogP contribution is -2.13. The molecule has 0 amide bonds. The van der Waals surface area contributed by atoms with Crippen molar-refractivity contribution in [3.8, 4) is 0 Å². The Morgan fingerprint density at radius 1 is 1.50 bits per heavy atom. The SMILES string of the molecule is CSc1ccc(F)cc1[C@@H]1CCCN1. The maximum Gasteiger partial charge on any atom is 0.123 e. The fraction of sp³-hybridized carbons (Fsp3) is 0.455. The highest BCUT2D eigenvalue weighted by molar-refractivity contribution is 7.98. The average Bonchev–Trinajstić information content (AvgIpc) is 2.70. The highest BCUT2D eigenvalue weighted by atomic mass is 32.2. The molecule has 0 bridgehead atoms. The van der Waals surface area contributed by atoms with Gasteiger partial charge < -0.3 is 5.32 Å². The normalized spacial score (nSPS) is 21.4.